The minimum atomic E-state index is -3.01. The highest BCUT2D eigenvalue weighted by Crippen LogP contribution is 2.12. The molecule has 0 unspecified atom stereocenters. The molecule has 2 amide bonds. The van der Waals surface area contributed by atoms with E-state index in [0.717, 1.165) is 0 Å². The van der Waals surface area contributed by atoms with Crippen LogP contribution in [0.2, 0.25) is 0 Å². The Morgan fingerprint density at radius 3 is 2.90 bits per heavy atom. The van der Waals surface area contributed by atoms with Gasteiger partial charge in [0, 0.05) is 12.1 Å². The summed E-state index contributed by atoms with van der Waals surface area (Å²) in [4.78, 5) is 11.5. The number of halogens is 1. The molecule has 1 fully saturated rings. The number of carbonyl (C=O) groups excluding carboxylic acids is 1. The average molecular weight is 316 g/mol. The van der Waals surface area contributed by atoms with E-state index in [-0.39, 0.29) is 36.5 Å². The monoisotopic (exact) mass is 316 g/mol. The lowest BCUT2D eigenvalue weighted by molar-refractivity contribution is 0.233. The number of hydrogen-bond acceptors (Lipinski definition) is 4. The Bertz CT molecular complexity index is 606. The number of hydrogen-bond donors (Lipinski definition) is 2. The first kappa shape index (κ1) is 15.6. The molecular formula is C13H17FN2O4S. The van der Waals surface area contributed by atoms with Gasteiger partial charge in [0.05, 0.1) is 18.1 Å². The summed E-state index contributed by atoms with van der Waals surface area (Å²) < 4.78 is 40.6. The molecule has 0 saturated carbocycles. The summed E-state index contributed by atoms with van der Waals surface area (Å²) in [6.07, 6.45) is 0.440. The largest absolute Gasteiger partial charge is 0.492 e. The van der Waals surface area contributed by atoms with E-state index in [2.05, 4.69) is 10.6 Å². The second-order valence-corrected chi connectivity index (χ2v) is 7.03. The molecule has 0 bridgehead atoms. The van der Waals surface area contributed by atoms with Crippen LogP contribution in [0, 0.1) is 5.82 Å². The van der Waals surface area contributed by atoms with Gasteiger partial charge in [-0.3, -0.25) is 0 Å². The summed E-state index contributed by atoms with van der Waals surface area (Å²) in [7, 11) is -3.01. The molecular weight excluding hydrogens is 299 g/mol. The van der Waals surface area contributed by atoms with Crippen LogP contribution in [0.25, 0.3) is 0 Å². The van der Waals surface area contributed by atoms with Gasteiger partial charge in [-0.2, -0.15) is 0 Å². The van der Waals surface area contributed by atoms with Crippen LogP contribution < -0.4 is 15.4 Å². The van der Waals surface area contributed by atoms with Gasteiger partial charge in [0.1, 0.15) is 18.2 Å². The molecule has 6 nitrogen and oxygen atoms in total. The van der Waals surface area contributed by atoms with E-state index < -0.39 is 15.9 Å². The van der Waals surface area contributed by atoms with Gasteiger partial charge < -0.3 is 15.4 Å². The first-order valence-corrected chi connectivity index (χ1v) is 8.40. The van der Waals surface area contributed by atoms with Crippen LogP contribution in [-0.2, 0) is 9.84 Å². The van der Waals surface area contributed by atoms with Crippen LogP contribution in [0.5, 0.6) is 5.75 Å². The molecule has 1 heterocycles. The maximum Gasteiger partial charge on any atom is 0.315 e. The number of rotatable bonds is 5. The average Bonchev–Trinajstić information content (AvgIpc) is 2.74. The molecule has 0 spiro atoms. The van der Waals surface area contributed by atoms with Crippen molar-refractivity contribution in [2.24, 2.45) is 0 Å². The maximum atomic E-state index is 12.9. The van der Waals surface area contributed by atoms with Crippen LogP contribution in [0.4, 0.5) is 9.18 Å². The smallest absolute Gasteiger partial charge is 0.315 e. The Hall–Kier alpha value is -1.83. The molecule has 8 heteroatoms. The minimum Gasteiger partial charge on any atom is -0.492 e. The zero-order valence-electron chi connectivity index (χ0n) is 11.3. The van der Waals surface area contributed by atoms with E-state index in [9.17, 15) is 17.6 Å². The highest BCUT2D eigenvalue weighted by atomic mass is 32.2. The van der Waals surface area contributed by atoms with E-state index in [1.54, 1.807) is 6.07 Å². The van der Waals surface area contributed by atoms with Crippen LogP contribution >= 0.6 is 0 Å². The first-order valence-electron chi connectivity index (χ1n) is 6.58. The predicted octanol–water partition coefficient (Wildman–Crippen LogP) is 0.691. The maximum absolute atomic E-state index is 12.9. The van der Waals surface area contributed by atoms with Crippen molar-refractivity contribution in [2.75, 3.05) is 24.7 Å². The third-order valence-electron chi connectivity index (χ3n) is 3.02. The molecule has 0 aliphatic carbocycles. The third kappa shape index (κ3) is 5.22. The minimum absolute atomic E-state index is 0.0137. The Morgan fingerprint density at radius 1 is 1.43 bits per heavy atom. The fraction of sp³-hybridized carbons (Fsp3) is 0.462. The standard InChI is InChI=1S/C13H17FN2O4S/c14-10-2-1-3-12(8-10)20-6-5-15-13(17)16-11-4-7-21(18,19)9-11/h1-3,8,11H,4-7,9H2,(H2,15,16,17)/t11-/m1/s1. The molecule has 116 valence electrons. The number of urea groups is 1. The lowest BCUT2D eigenvalue weighted by atomic mass is 10.3. The van der Waals surface area contributed by atoms with E-state index in [1.165, 1.54) is 18.2 Å². The normalized spacial score (nSPS) is 20.0. The molecule has 1 aromatic rings. The lowest BCUT2D eigenvalue weighted by Crippen LogP contribution is -2.43. The molecule has 21 heavy (non-hydrogen) atoms. The molecule has 2 N–H and O–H groups in total. The fourth-order valence-corrected chi connectivity index (χ4v) is 3.71. The summed E-state index contributed by atoms with van der Waals surface area (Å²) in [5, 5.41) is 5.16. The van der Waals surface area contributed by atoms with Crippen molar-refractivity contribution in [3.05, 3.63) is 30.1 Å². The Morgan fingerprint density at radius 2 is 2.24 bits per heavy atom. The van der Waals surface area contributed by atoms with Crippen LogP contribution in [-0.4, -0.2) is 45.1 Å². The summed E-state index contributed by atoms with van der Waals surface area (Å²) >= 11 is 0. The number of carbonyl (C=O) groups is 1. The van der Waals surface area contributed by atoms with Crippen LogP contribution in [0.15, 0.2) is 24.3 Å². The summed E-state index contributed by atoms with van der Waals surface area (Å²) in [5.41, 5.74) is 0. The predicted molar refractivity (Wildman–Crippen MR) is 75.5 cm³/mol. The van der Waals surface area contributed by atoms with E-state index >= 15 is 0 Å². The van der Waals surface area contributed by atoms with Crippen molar-refractivity contribution >= 4 is 15.9 Å². The Balaban J connectivity index is 1.64. The molecule has 1 aliphatic heterocycles. The quantitative estimate of drug-likeness (QED) is 0.783. The highest BCUT2D eigenvalue weighted by molar-refractivity contribution is 7.91. The topological polar surface area (TPSA) is 84.5 Å². The summed E-state index contributed by atoms with van der Waals surface area (Å²) in [6, 6.07) is 4.95. The lowest BCUT2D eigenvalue weighted by Gasteiger charge is -2.12. The van der Waals surface area contributed by atoms with Gasteiger partial charge in [-0.05, 0) is 18.6 Å². The zero-order chi connectivity index (χ0) is 15.3. The summed E-state index contributed by atoms with van der Waals surface area (Å²) in [6.45, 7) is 0.432. The van der Waals surface area contributed by atoms with Crippen molar-refractivity contribution < 1.29 is 22.3 Å². The van der Waals surface area contributed by atoms with Crippen molar-refractivity contribution in [2.45, 2.75) is 12.5 Å². The molecule has 0 radical (unpaired) electrons. The van der Waals surface area contributed by atoms with Crippen molar-refractivity contribution in [3.63, 3.8) is 0 Å². The number of benzene rings is 1. The summed E-state index contributed by atoms with van der Waals surface area (Å²) in [5.74, 6) is 0.0978. The van der Waals surface area contributed by atoms with Crippen molar-refractivity contribution in [1.29, 1.82) is 0 Å². The van der Waals surface area contributed by atoms with Gasteiger partial charge in [0.2, 0.25) is 0 Å². The van der Waals surface area contributed by atoms with Gasteiger partial charge in [-0.1, -0.05) is 6.07 Å². The molecule has 0 aromatic heterocycles. The number of sulfone groups is 1. The van der Waals surface area contributed by atoms with E-state index in [4.69, 9.17) is 4.74 Å². The van der Waals surface area contributed by atoms with Crippen molar-refractivity contribution in [1.82, 2.24) is 10.6 Å². The van der Waals surface area contributed by atoms with E-state index in [1.807, 2.05) is 0 Å². The second-order valence-electron chi connectivity index (χ2n) is 4.81. The third-order valence-corrected chi connectivity index (χ3v) is 4.79. The molecule has 2 rings (SSSR count). The number of amides is 2. The SMILES string of the molecule is O=C(NCCOc1cccc(F)c1)N[C@@H]1CCS(=O)(=O)C1. The molecule has 1 aliphatic rings. The van der Waals surface area contributed by atoms with Crippen LogP contribution in [0.3, 0.4) is 0 Å². The number of nitrogens with one attached hydrogen (secondary N) is 2. The fourth-order valence-electron chi connectivity index (χ4n) is 2.04. The van der Waals surface area contributed by atoms with Gasteiger partial charge in [0.15, 0.2) is 9.84 Å². The van der Waals surface area contributed by atoms with E-state index in [0.29, 0.717) is 12.2 Å². The Labute approximate surface area is 122 Å². The van der Waals surface area contributed by atoms with Gasteiger partial charge >= 0.3 is 6.03 Å². The zero-order valence-corrected chi connectivity index (χ0v) is 12.2. The number of ether oxygens (including phenoxy) is 1. The molecule has 1 aromatic carbocycles. The van der Waals surface area contributed by atoms with Gasteiger partial charge in [-0.15, -0.1) is 0 Å². The van der Waals surface area contributed by atoms with Gasteiger partial charge in [0.25, 0.3) is 0 Å². The van der Waals surface area contributed by atoms with Gasteiger partial charge in [-0.25, -0.2) is 17.6 Å². The first-order chi connectivity index (χ1) is 9.94. The van der Waals surface area contributed by atoms with Crippen molar-refractivity contribution in [3.8, 4) is 5.75 Å². The Kier molecular flexibility index (Phi) is 5.00. The van der Waals surface area contributed by atoms with Crippen LogP contribution in [0.1, 0.15) is 6.42 Å². The molecule has 1 atom stereocenters. The molecule has 1 saturated heterocycles. The highest BCUT2D eigenvalue weighted by Gasteiger charge is 2.28. The second kappa shape index (κ2) is 6.75.